The second-order valence-electron chi connectivity index (χ2n) is 3.48. The van der Waals surface area contributed by atoms with E-state index < -0.39 is 17.1 Å². The van der Waals surface area contributed by atoms with Crippen molar-refractivity contribution >= 4 is 6.21 Å². The van der Waals surface area contributed by atoms with Crippen molar-refractivity contribution in [3.8, 4) is 6.07 Å². The smallest absolute Gasteiger partial charge is 0.279 e. The first-order chi connectivity index (χ1) is 7.22. The van der Waals surface area contributed by atoms with E-state index in [1.54, 1.807) is 0 Å². The summed E-state index contributed by atoms with van der Waals surface area (Å²) >= 11 is 0. The molecule has 0 saturated heterocycles. The van der Waals surface area contributed by atoms with Gasteiger partial charge in [-0.15, -0.1) is 0 Å². The van der Waals surface area contributed by atoms with Gasteiger partial charge < -0.3 is 4.74 Å². The Morgan fingerprint density at radius 3 is 2.93 bits per heavy atom. The molecule has 0 aromatic rings. The van der Waals surface area contributed by atoms with Crippen LogP contribution < -0.4 is 0 Å². The molecule has 0 radical (unpaired) electrons. The predicted molar refractivity (Wildman–Crippen MR) is 50.9 cm³/mol. The lowest BCUT2D eigenvalue weighted by molar-refractivity contribution is -0.437. The SMILES string of the molecule is N#CC1N=CC=C([N+](=O)[O-])C1OC1CC1. The summed E-state index contributed by atoms with van der Waals surface area (Å²) in [6.45, 7) is 0. The van der Waals surface area contributed by atoms with Gasteiger partial charge in [-0.05, 0) is 12.8 Å². The molecule has 1 saturated carbocycles. The Morgan fingerprint density at radius 2 is 2.40 bits per heavy atom. The van der Waals surface area contributed by atoms with Gasteiger partial charge in [0.1, 0.15) is 0 Å². The fourth-order valence-electron chi connectivity index (χ4n) is 1.37. The molecule has 0 aromatic carbocycles. The minimum absolute atomic E-state index is 0.0579. The van der Waals surface area contributed by atoms with Crippen molar-refractivity contribution in [3.05, 3.63) is 21.9 Å². The summed E-state index contributed by atoms with van der Waals surface area (Å²) in [5, 5.41) is 19.5. The van der Waals surface area contributed by atoms with Gasteiger partial charge in [-0.2, -0.15) is 5.26 Å². The summed E-state index contributed by atoms with van der Waals surface area (Å²) in [4.78, 5) is 14.1. The van der Waals surface area contributed by atoms with Gasteiger partial charge >= 0.3 is 0 Å². The number of ether oxygens (including phenoxy) is 1. The van der Waals surface area contributed by atoms with Crippen LogP contribution in [0.15, 0.2) is 16.8 Å². The van der Waals surface area contributed by atoms with Crippen LogP contribution in [0.5, 0.6) is 0 Å². The van der Waals surface area contributed by atoms with Gasteiger partial charge in [-0.1, -0.05) is 0 Å². The highest BCUT2D eigenvalue weighted by Gasteiger charge is 2.39. The third-order valence-corrected chi connectivity index (χ3v) is 2.28. The summed E-state index contributed by atoms with van der Waals surface area (Å²) in [6.07, 6.45) is 3.64. The Balaban J connectivity index is 2.18. The normalized spacial score (nSPS) is 29.4. The van der Waals surface area contributed by atoms with Gasteiger partial charge in [0, 0.05) is 12.3 Å². The first-order valence-corrected chi connectivity index (χ1v) is 4.65. The fourth-order valence-corrected chi connectivity index (χ4v) is 1.37. The number of nitrogens with zero attached hydrogens (tertiary/aromatic N) is 3. The van der Waals surface area contributed by atoms with Gasteiger partial charge in [-0.25, -0.2) is 0 Å². The number of hydrogen-bond donors (Lipinski definition) is 0. The molecule has 2 atom stereocenters. The molecular weight excluding hydrogens is 198 g/mol. The molecule has 2 aliphatic rings. The van der Waals surface area contributed by atoms with E-state index in [2.05, 4.69) is 4.99 Å². The fraction of sp³-hybridized carbons (Fsp3) is 0.556. The number of hydrogen-bond acceptors (Lipinski definition) is 5. The third kappa shape index (κ3) is 2.02. The second kappa shape index (κ2) is 3.79. The zero-order chi connectivity index (χ0) is 10.8. The molecule has 0 spiro atoms. The Hall–Kier alpha value is -1.74. The van der Waals surface area contributed by atoms with Gasteiger partial charge in [0.25, 0.3) is 5.70 Å². The molecule has 15 heavy (non-hydrogen) atoms. The van der Waals surface area contributed by atoms with Gasteiger partial charge in [-0.3, -0.25) is 15.1 Å². The Bertz CT molecular complexity index is 379. The first kappa shape index (κ1) is 9.80. The minimum Gasteiger partial charge on any atom is -0.360 e. The average Bonchev–Trinajstić information content (AvgIpc) is 3.01. The van der Waals surface area contributed by atoms with E-state index in [4.69, 9.17) is 10.00 Å². The van der Waals surface area contributed by atoms with Crippen LogP contribution in [0.2, 0.25) is 0 Å². The van der Waals surface area contributed by atoms with Gasteiger partial charge in [0.15, 0.2) is 12.1 Å². The van der Waals surface area contributed by atoms with E-state index in [0.717, 1.165) is 12.8 Å². The van der Waals surface area contributed by atoms with Crippen molar-refractivity contribution in [2.24, 2.45) is 4.99 Å². The number of dihydropyridines is 1. The molecule has 1 fully saturated rings. The first-order valence-electron chi connectivity index (χ1n) is 4.65. The predicted octanol–water partition coefficient (Wildman–Crippen LogP) is 0.671. The van der Waals surface area contributed by atoms with Crippen molar-refractivity contribution in [2.45, 2.75) is 31.1 Å². The highest BCUT2D eigenvalue weighted by Crippen LogP contribution is 2.29. The molecule has 6 nitrogen and oxygen atoms in total. The molecular formula is C9H9N3O3. The number of aliphatic imine (C=N–C) groups is 1. The maximum Gasteiger partial charge on any atom is 0.279 e. The van der Waals surface area contributed by atoms with Crippen molar-refractivity contribution in [2.75, 3.05) is 0 Å². The zero-order valence-electron chi connectivity index (χ0n) is 7.87. The molecule has 2 unspecified atom stereocenters. The monoisotopic (exact) mass is 207 g/mol. The van der Waals surface area contributed by atoms with Crippen LogP contribution in [-0.4, -0.2) is 29.4 Å². The van der Waals surface area contributed by atoms with Crippen molar-refractivity contribution in [1.29, 1.82) is 5.26 Å². The Morgan fingerprint density at radius 1 is 1.67 bits per heavy atom. The topological polar surface area (TPSA) is 88.5 Å². The number of allylic oxidation sites excluding steroid dienone is 1. The largest absolute Gasteiger partial charge is 0.360 e. The van der Waals surface area contributed by atoms with Crippen molar-refractivity contribution < 1.29 is 9.66 Å². The van der Waals surface area contributed by atoms with E-state index in [1.807, 2.05) is 6.07 Å². The molecule has 0 bridgehead atoms. The number of rotatable bonds is 3. The van der Waals surface area contributed by atoms with Crippen LogP contribution in [-0.2, 0) is 4.74 Å². The standard InChI is InChI=1S/C9H9N3O3/c10-5-7-9(15-6-1-2-6)8(12(13)14)3-4-11-7/h3-4,6-7,9H,1-2H2. The zero-order valence-corrected chi connectivity index (χ0v) is 7.87. The Kier molecular flexibility index (Phi) is 2.47. The lowest BCUT2D eigenvalue weighted by Gasteiger charge is -2.19. The van der Waals surface area contributed by atoms with E-state index in [0.29, 0.717) is 0 Å². The van der Waals surface area contributed by atoms with E-state index in [-0.39, 0.29) is 11.8 Å². The molecule has 6 heteroatoms. The molecule has 0 N–H and O–H groups in total. The summed E-state index contributed by atoms with van der Waals surface area (Å²) < 4.78 is 5.43. The third-order valence-electron chi connectivity index (χ3n) is 2.28. The molecule has 1 aliphatic heterocycles. The molecule has 2 rings (SSSR count). The number of nitro groups is 1. The highest BCUT2D eigenvalue weighted by atomic mass is 16.6. The molecule has 1 heterocycles. The molecule has 78 valence electrons. The summed E-state index contributed by atoms with van der Waals surface area (Å²) in [7, 11) is 0. The van der Waals surface area contributed by atoms with Crippen LogP contribution in [0.1, 0.15) is 12.8 Å². The van der Waals surface area contributed by atoms with E-state index in [1.165, 1.54) is 12.3 Å². The van der Waals surface area contributed by atoms with Gasteiger partial charge in [0.05, 0.1) is 17.1 Å². The quantitative estimate of drug-likeness (QED) is 0.502. The van der Waals surface area contributed by atoms with Crippen LogP contribution in [0, 0.1) is 21.4 Å². The van der Waals surface area contributed by atoms with Crippen LogP contribution in [0.25, 0.3) is 0 Å². The van der Waals surface area contributed by atoms with Gasteiger partial charge in [0.2, 0.25) is 0 Å². The van der Waals surface area contributed by atoms with Crippen LogP contribution in [0.3, 0.4) is 0 Å². The van der Waals surface area contributed by atoms with E-state index in [9.17, 15) is 10.1 Å². The molecule has 0 amide bonds. The summed E-state index contributed by atoms with van der Waals surface area (Å²) in [5.74, 6) is 0. The second-order valence-corrected chi connectivity index (χ2v) is 3.48. The number of nitriles is 1. The van der Waals surface area contributed by atoms with E-state index >= 15 is 0 Å². The average molecular weight is 207 g/mol. The minimum atomic E-state index is -0.817. The molecule has 1 aliphatic carbocycles. The lowest BCUT2D eigenvalue weighted by atomic mass is 10.1. The van der Waals surface area contributed by atoms with Crippen molar-refractivity contribution in [3.63, 3.8) is 0 Å². The van der Waals surface area contributed by atoms with Crippen LogP contribution in [0.4, 0.5) is 0 Å². The van der Waals surface area contributed by atoms with Crippen LogP contribution >= 0.6 is 0 Å². The highest BCUT2D eigenvalue weighted by molar-refractivity contribution is 5.73. The lowest BCUT2D eigenvalue weighted by Crippen LogP contribution is -2.34. The molecule has 0 aromatic heterocycles. The summed E-state index contributed by atoms with van der Waals surface area (Å²) in [5.41, 5.74) is -0.0801. The maximum absolute atomic E-state index is 10.7. The van der Waals surface area contributed by atoms with Crippen molar-refractivity contribution in [1.82, 2.24) is 0 Å². The Labute approximate surface area is 86.0 Å². The summed E-state index contributed by atoms with van der Waals surface area (Å²) in [6, 6.07) is 1.11. The maximum atomic E-state index is 10.7.